The maximum absolute atomic E-state index is 11.9. The first kappa shape index (κ1) is 18.2. The summed E-state index contributed by atoms with van der Waals surface area (Å²) in [5.41, 5.74) is 0.908. The SMILES string of the molecule is CC1(CNC(=O)c2ccncc2)CCNCC1.Cl.Cl. The van der Waals surface area contributed by atoms with E-state index in [1.165, 1.54) is 0 Å². The lowest BCUT2D eigenvalue weighted by Crippen LogP contribution is -2.42. The first-order valence-electron chi connectivity index (χ1n) is 6.09. The van der Waals surface area contributed by atoms with Gasteiger partial charge in [-0.15, -0.1) is 24.8 Å². The van der Waals surface area contributed by atoms with Crippen molar-refractivity contribution in [3.63, 3.8) is 0 Å². The average Bonchev–Trinajstić information content (AvgIpc) is 2.38. The first-order chi connectivity index (χ1) is 8.20. The van der Waals surface area contributed by atoms with E-state index in [1.807, 2.05) is 0 Å². The van der Waals surface area contributed by atoms with Gasteiger partial charge in [0.05, 0.1) is 0 Å². The Balaban J connectivity index is 0.00000162. The number of aromatic nitrogens is 1. The summed E-state index contributed by atoms with van der Waals surface area (Å²) in [5.74, 6) is -0.00726. The molecule has 1 saturated heterocycles. The lowest BCUT2D eigenvalue weighted by Gasteiger charge is -2.34. The number of pyridine rings is 1. The molecule has 0 saturated carbocycles. The third-order valence-corrected chi connectivity index (χ3v) is 3.43. The third-order valence-electron chi connectivity index (χ3n) is 3.43. The molecule has 0 atom stereocenters. The summed E-state index contributed by atoms with van der Waals surface area (Å²) < 4.78 is 0. The van der Waals surface area contributed by atoms with Crippen LogP contribution in [0.2, 0.25) is 0 Å². The fourth-order valence-electron chi connectivity index (χ4n) is 2.11. The molecule has 2 N–H and O–H groups in total. The van der Waals surface area contributed by atoms with Crippen molar-refractivity contribution in [2.75, 3.05) is 19.6 Å². The number of piperidine rings is 1. The molecule has 4 nitrogen and oxygen atoms in total. The van der Waals surface area contributed by atoms with Crippen molar-refractivity contribution in [3.8, 4) is 0 Å². The number of hydrogen-bond donors (Lipinski definition) is 2. The Morgan fingerprint density at radius 2 is 1.89 bits per heavy atom. The topological polar surface area (TPSA) is 54.0 Å². The van der Waals surface area contributed by atoms with Gasteiger partial charge in [0, 0.05) is 24.5 Å². The van der Waals surface area contributed by atoms with Gasteiger partial charge in [-0.2, -0.15) is 0 Å². The van der Waals surface area contributed by atoms with E-state index in [4.69, 9.17) is 0 Å². The van der Waals surface area contributed by atoms with Crippen LogP contribution in [0, 0.1) is 5.41 Å². The molecule has 2 heterocycles. The zero-order valence-electron chi connectivity index (χ0n) is 11.0. The van der Waals surface area contributed by atoms with Crippen LogP contribution in [-0.4, -0.2) is 30.5 Å². The Bertz CT molecular complexity index is 381. The van der Waals surface area contributed by atoms with Crippen LogP contribution in [0.15, 0.2) is 24.5 Å². The number of carbonyl (C=O) groups is 1. The van der Waals surface area contributed by atoms with Crippen molar-refractivity contribution in [2.24, 2.45) is 5.41 Å². The molecular weight excluding hydrogens is 285 g/mol. The van der Waals surface area contributed by atoms with Crippen LogP contribution in [-0.2, 0) is 0 Å². The first-order valence-corrected chi connectivity index (χ1v) is 6.09. The molecule has 2 rings (SSSR count). The molecule has 108 valence electrons. The highest BCUT2D eigenvalue weighted by Crippen LogP contribution is 2.26. The van der Waals surface area contributed by atoms with Gasteiger partial charge in [0.1, 0.15) is 0 Å². The van der Waals surface area contributed by atoms with Crippen molar-refractivity contribution < 1.29 is 4.79 Å². The molecule has 0 aliphatic carbocycles. The van der Waals surface area contributed by atoms with Gasteiger partial charge < -0.3 is 10.6 Å². The van der Waals surface area contributed by atoms with Gasteiger partial charge in [-0.25, -0.2) is 0 Å². The molecule has 1 fully saturated rings. The molecule has 0 bridgehead atoms. The molecule has 1 aromatic rings. The number of nitrogens with zero attached hydrogens (tertiary/aromatic N) is 1. The van der Waals surface area contributed by atoms with Crippen molar-refractivity contribution in [1.82, 2.24) is 15.6 Å². The summed E-state index contributed by atoms with van der Waals surface area (Å²) >= 11 is 0. The Labute approximate surface area is 126 Å². The molecule has 0 unspecified atom stereocenters. The number of halogens is 2. The van der Waals surface area contributed by atoms with Gasteiger partial charge in [0.2, 0.25) is 0 Å². The minimum atomic E-state index is -0.00726. The van der Waals surface area contributed by atoms with Gasteiger partial charge in [-0.3, -0.25) is 9.78 Å². The molecule has 1 amide bonds. The van der Waals surface area contributed by atoms with E-state index < -0.39 is 0 Å². The van der Waals surface area contributed by atoms with Crippen LogP contribution in [0.4, 0.5) is 0 Å². The molecule has 0 aromatic carbocycles. The molecule has 1 aromatic heterocycles. The summed E-state index contributed by atoms with van der Waals surface area (Å²) in [6.45, 7) is 5.07. The Morgan fingerprint density at radius 3 is 2.47 bits per heavy atom. The van der Waals surface area contributed by atoms with Crippen LogP contribution in [0.5, 0.6) is 0 Å². The van der Waals surface area contributed by atoms with Gasteiger partial charge >= 0.3 is 0 Å². The quantitative estimate of drug-likeness (QED) is 0.898. The third kappa shape index (κ3) is 5.35. The summed E-state index contributed by atoms with van der Waals surface area (Å²) in [7, 11) is 0. The highest BCUT2D eigenvalue weighted by molar-refractivity contribution is 5.93. The van der Waals surface area contributed by atoms with Gasteiger partial charge in [-0.05, 0) is 43.5 Å². The second kappa shape index (κ2) is 8.35. The highest BCUT2D eigenvalue weighted by atomic mass is 35.5. The second-order valence-electron chi connectivity index (χ2n) is 4.98. The average molecular weight is 306 g/mol. The van der Waals surface area contributed by atoms with Crippen LogP contribution in [0.1, 0.15) is 30.1 Å². The van der Waals surface area contributed by atoms with E-state index in [1.54, 1.807) is 24.5 Å². The molecular formula is C13H21Cl2N3O. The lowest BCUT2D eigenvalue weighted by atomic mass is 9.81. The molecule has 0 radical (unpaired) electrons. The number of carbonyl (C=O) groups excluding carboxylic acids is 1. The van der Waals surface area contributed by atoms with E-state index in [0.717, 1.165) is 32.5 Å². The van der Waals surface area contributed by atoms with Crippen LogP contribution in [0.25, 0.3) is 0 Å². The van der Waals surface area contributed by atoms with E-state index in [2.05, 4.69) is 22.5 Å². The van der Waals surface area contributed by atoms with Crippen molar-refractivity contribution in [3.05, 3.63) is 30.1 Å². The summed E-state index contributed by atoms with van der Waals surface area (Å²) in [5, 5.41) is 6.35. The number of hydrogen-bond acceptors (Lipinski definition) is 3. The number of amides is 1. The summed E-state index contributed by atoms with van der Waals surface area (Å²) in [6.07, 6.45) is 5.51. The molecule has 1 aliphatic rings. The Kier molecular flexibility index (Phi) is 7.99. The van der Waals surface area contributed by atoms with E-state index in [9.17, 15) is 4.79 Å². The van der Waals surface area contributed by atoms with Crippen LogP contribution >= 0.6 is 24.8 Å². The maximum Gasteiger partial charge on any atom is 0.251 e. The fraction of sp³-hybridized carbons (Fsp3) is 0.538. The smallest absolute Gasteiger partial charge is 0.251 e. The predicted octanol–water partition coefficient (Wildman–Crippen LogP) is 2.04. The monoisotopic (exact) mass is 305 g/mol. The van der Waals surface area contributed by atoms with Crippen molar-refractivity contribution in [2.45, 2.75) is 19.8 Å². The highest BCUT2D eigenvalue weighted by Gasteiger charge is 2.27. The number of nitrogens with one attached hydrogen (secondary N) is 2. The number of rotatable bonds is 3. The summed E-state index contributed by atoms with van der Waals surface area (Å²) in [4.78, 5) is 15.8. The fourth-order valence-corrected chi connectivity index (χ4v) is 2.11. The Morgan fingerprint density at radius 1 is 1.32 bits per heavy atom. The largest absolute Gasteiger partial charge is 0.351 e. The van der Waals surface area contributed by atoms with Gasteiger partial charge in [-0.1, -0.05) is 6.92 Å². The minimum Gasteiger partial charge on any atom is -0.351 e. The van der Waals surface area contributed by atoms with Gasteiger partial charge in [0.15, 0.2) is 0 Å². The molecule has 1 aliphatic heterocycles. The minimum absolute atomic E-state index is 0. The maximum atomic E-state index is 11.9. The van der Waals surface area contributed by atoms with E-state index >= 15 is 0 Å². The molecule has 19 heavy (non-hydrogen) atoms. The zero-order valence-corrected chi connectivity index (χ0v) is 12.6. The van der Waals surface area contributed by atoms with Crippen LogP contribution in [0.3, 0.4) is 0 Å². The standard InChI is InChI=1S/C13H19N3O.2ClH/c1-13(4-8-15-9-5-13)10-16-12(17)11-2-6-14-7-3-11;;/h2-3,6-7,15H,4-5,8-10H2,1H3,(H,16,17);2*1H. The molecule has 6 heteroatoms. The Hall–Kier alpha value is -0.840. The van der Waals surface area contributed by atoms with Crippen molar-refractivity contribution >= 4 is 30.7 Å². The van der Waals surface area contributed by atoms with E-state index in [0.29, 0.717) is 5.56 Å². The van der Waals surface area contributed by atoms with E-state index in [-0.39, 0.29) is 36.1 Å². The summed E-state index contributed by atoms with van der Waals surface area (Å²) in [6, 6.07) is 3.47. The normalized spacial score (nSPS) is 16.7. The zero-order chi connectivity index (χ0) is 12.1. The van der Waals surface area contributed by atoms with Crippen LogP contribution < -0.4 is 10.6 Å². The van der Waals surface area contributed by atoms with Crippen molar-refractivity contribution in [1.29, 1.82) is 0 Å². The van der Waals surface area contributed by atoms with Gasteiger partial charge in [0.25, 0.3) is 5.91 Å². The lowest BCUT2D eigenvalue weighted by molar-refractivity contribution is 0.0922. The second-order valence-corrected chi connectivity index (χ2v) is 4.98. The molecule has 0 spiro atoms. The predicted molar refractivity (Wildman–Crippen MR) is 81.3 cm³/mol.